The number of nitrogens with one attached hydrogen (secondary N) is 1. The van der Waals surface area contributed by atoms with Crippen molar-refractivity contribution in [2.24, 2.45) is 0 Å². The molecule has 2 aromatic carbocycles. The van der Waals surface area contributed by atoms with Crippen LogP contribution in [-0.4, -0.2) is 32.2 Å². The lowest BCUT2D eigenvalue weighted by Crippen LogP contribution is -2.22. The molecule has 28 heavy (non-hydrogen) atoms. The second-order valence-corrected chi connectivity index (χ2v) is 6.86. The molecule has 0 saturated carbocycles. The van der Waals surface area contributed by atoms with Gasteiger partial charge >= 0.3 is 0 Å². The summed E-state index contributed by atoms with van der Waals surface area (Å²) in [6.07, 6.45) is -1.22. The van der Waals surface area contributed by atoms with Crippen molar-refractivity contribution in [1.29, 1.82) is 0 Å². The van der Waals surface area contributed by atoms with Gasteiger partial charge in [-0.25, -0.2) is 0 Å². The van der Waals surface area contributed by atoms with E-state index in [4.69, 9.17) is 0 Å². The number of hydrogen-bond donors (Lipinski definition) is 3. The van der Waals surface area contributed by atoms with Gasteiger partial charge in [0, 0.05) is 29.8 Å². The highest BCUT2D eigenvalue weighted by molar-refractivity contribution is 5.94. The summed E-state index contributed by atoms with van der Waals surface area (Å²) in [5, 5.41) is 25.9. The van der Waals surface area contributed by atoms with Gasteiger partial charge in [-0.1, -0.05) is 42.5 Å². The van der Waals surface area contributed by atoms with Crippen LogP contribution in [-0.2, 0) is 19.5 Å². The molecule has 3 rings (SSSR count). The molecule has 0 aliphatic heterocycles. The average molecular weight is 379 g/mol. The summed E-state index contributed by atoms with van der Waals surface area (Å²) in [6, 6.07) is 17.2. The Bertz CT molecular complexity index is 932. The van der Waals surface area contributed by atoms with Crippen LogP contribution >= 0.6 is 0 Å². The maximum atomic E-state index is 12.3. The summed E-state index contributed by atoms with van der Waals surface area (Å²) >= 11 is 0. The van der Waals surface area contributed by atoms with Crippen molar-refractivity contribution in [3.8, 4) is 0 Å². The maximum absolute atomic E-state index is 12.3. The fraction of sp³-hybridized carbons (Fsp3) is 0.273. The molecule has 0 fully saturated rings. The van der Waals surface area contributed by atoms with E-state index >= 15 is 0 Å². The van der Waals surface area contributed by atoms with Crippen molar-refractivity contribution in [3.63, 3.8) is 0 Å². The summed E-state index contributed by atoms with van der Waals surface area (Å²) in [5.41, 5.74) is 5.24. The van der Waals surface area contributed by atoms with E-state index in [1.54, 1.807) is 12.1 Å². The Kier molecular flexibility index (Phi) is 6.23. The molecule has 0 bridgehead atoms. The van der Waals surface area contributed by atoms with Crippen molar-refractivity contribution >= 4 is 5.91 Å². The Morgan fingerprint density at radius 1 is 1.04 bits per heavy atom. The van der Waals surface area contributed by atoms with Crippen LogP contribution in [0.5, 0.6) is 0 Å². The lowest BCUT2D eigenvalue weighted by molar-refractivity contribution is -0.0383. The third kappa shape index (κ3) is 4.85. The number of rotatable bonds is 7. The molecule has 1 aromatic heterocycles. The van der Waals surface area contributed by atoms with Crippen LogP contribution in [0.3, 0.4) is 0 Å². The van der Waals surface area contributed by atoms with Gasteiger partial charge in [0.15, 0.2) is 6.29 Å². The number of carbonyl (C=O) groups is 1. The fourth-order valence-corrected chi connectivity index (χ4v) is 3.18. The van der Waals surface area contributed by atoms with Gasteiger partial charge in [-0.05, 0) is 37.1 Å². The number of aliphatic hydroxyl groups is 2. The number of amides is 1. The Labute approximate surface area is 164 Å². The summed E-state index contributed by atoms with van der Waals surface area (Å²) in [5.74, 6) is -0.110. The molecule has 0 unspecified atom stereocenters. The predicted octanol–water partition coefficient (Wildman–Crippen LogP) is 2.33. The Balaban J connectivity index is 1.64. The van der Waals surface area contributed by atoms with E-state index in [-0.39, 0.29) is 12.3 Å². The first kappa shape index (κ1) is 19.8. The van der Waals surface area contributed by atoms with Crippen LogP contribution in [0.15, 0.2) is 54.6 Å². The monoisotopic (exact) mass is 379 g/mol. The molecule has 6 nitrogen and oxygen atoms in total. The summed E-state index contributed by atoms with van der Waals surface area (Å²) < 4.78 is 1.84. The largest absolute Gasteiger partial charge is 0.368 e. The Morgan fingerprint density at radius 3 is 2.36 bits per heavy atom. The van der Waals surface area contributed by atoms with Gasteiger partial charge in [0.1, 0.15) is 0 Å². The third-order valence-electron chi connectivity index (χ3n) is 4.76. The molecule has 1 heterocycles. The Hall–Kier alpha value is -2.96. The standard InChI is InChI=1S/C22H25N3O3/c1-15-20(12-21(26)27)16(2)25(24-15)14-18-8-10-19(11-9-18)22(28)23-13-17-6-4-3-5-7-17/h3-11,21,26-27H,12-14H2,1-2H3,(H,23,28). The molecule has 0 saturated heterocycles. The van der Waals surface area contributed by atoms with E-state index in [1.165, 1.54) is 0 Å². The molecule has 0 radical (unpaired) electrons. The van der Waals surface area contributed by atoms with Crippen molar-refractivity contribution < 1.29 is 15.0 Å². The SMILES string of the molecule is Cc1nn(Cc2ccc(C(=O)NCc3ccccc3)cc2)c(C)c1CC(O)O. The second-order valence-electron chi connectivity index (χ2n) is 6.86. The molecule has 3 N–H and O–H groups in total. The summed E-state index contributed by atoms with van der Waals surface area (Å²) in [6.45, 7) is 4.83. The first-order valence-corrected chi connectivity index (χ1v) is 9.24. The zero-order valence-electron chi connectivity index (χ0n) is 16.1. The molecule has 1 amide bonds. The van der Waals surface area contributed by atoms with Crippen LogP contribution < -0.4 is 5.32 Å². The van der Waals surface area contributed by atoms with Gasteiger partial charge in [0.25, 0.3) is 5.91 Å². The number of carbonyl (C=O) groups excluding carboxylic acids is 1. The minimum atomic E-state index is -1.39. The number of aliphatic hydroxyl groups excluding tert-OH is 1. The molecule has 0 aliphatic carbocycles. The van der Waals surface area contributed by atoms with Gasteiger partial charge in [-0.3, -0.25) is 9.48 Å². The molecular weight excluding hydrogens is 354 g/mol. The first-order valence-electron chi connectivity index (χ1n) is 9.24. The molecule has 6 heteroatoms. The molecule has 3 aromatic rings. The van der Waals surface area contributed by atoms with E-state index in [9.17, 15) is 15.0 Å². The first-order chi connectivity index (χ1) is 13.4. The van der Waals surface area contributed by atoms with Crippen LogP contribution in [0.1, 0.15) is 38.4 Å². The van der Waals surface area contributed by atoms with Gasteiger partial charge in [-0.15, -0.1) is 0 Å². The molecule has 0 atom stereocenters. The van der Waals surface area contributed by atoms with Crippen LogP contribution in [0.25, 0.3) is 0 Å². The van der Waals surface area contributed by atoms with Crippen molar-refractivity contribution in [3.05, 3.63) is 88.2 Å². The zero-order valence-corrected chi connectivity index (χ0v) is 16.1. The van der Waals surface area contributed by atoms with Crippen LogP contribution in [0, 0.1) is 13.8 Å². The molecule has 146 valence electrons. The minimum Gasteiger partial charge on any atom is -0.368 e. The smallest absolute Gasteiger partial charge is 0.251 e. The number of aromatic nitrogens is 2. The second kappa shape index (κ2) is 8.82. The minimum absolute atomic E-state index is 0.110. The quantitative estimate of drug-likeness (QED) is 0.550. The summed E-state index contributed by atoms with van der Waals surface area (Å²) in [4.78, 5) is 12.3. The van der Waals surface area contributed by atoms with Crippen molar-refractivity contribution in [2.45, 2.75) is 39.6 Å². The topological polar surface area (TPSA) is 87.4 Å². The van der Waals surface area contributed by atoms with Crippen molar-refractivity contribution in [1.82, 2.24) is 15.1 Å². The van der Waals surface area contributed by atoms with E-state index in [0.29, 0.717) is 18.7 Å². The fourth-order valence-electron chi connectivity index (χ4n) is 3.18. The number of nitrogens with zero attached hydrogens (tertiary/aromatic N) is 2. The highest BCUT2D eigenvalue weighted by Gasteiger charge is 2.14. The number of benzene rings is 2. The van der Waals surface area contributed by atoms with Gasteiger partial charge in [-0.2, -0.15) is 5.10 Å². The van der Waals surface area contributed by atoms with E-state index in [1.807, 2.05) is 61.0 Å². The summed E-state index contributed by atoms with van der Waals surface area (Å²) in [7, 11) is 0. The van der Waals surface area contributed by atoms with E-state index < -0.39 is 6.29 Å². The Morgan fingerprint density at radius 2 is 1.71 bits per heavy atom. The van der Waals surface area contributed by atoms with E-state index in [0.717, 1.165) is 28.1 Å². The third-order valence-corrected chi connectivity index (χ3v) is 4.76. The van der Waals surface area contributed by atoms with Gasteiger partial charge < -0.3 is 15.5 Å². The molecule has 0 aliphatic rings. The van der Waals surface area contributed by atoms with Crippen LogP contribution in [0.2, 0.25) is 0 Å². The lowest BCUT2D eigenvalue weighted by Gasteiger charge is -2.08. The maximum Gasteiger partial charge on any atom is 0.251 e. The average Bonchev–Trinajstić information content (AvgIpc) is 2.94. The number of hydrogen-bond acceptors (Lipinski definition) is 4. The van der Waals surface area contributed by atoms with Gasteiger partial charge in [0.2, 0.25) is 0 Å². The normalized spacial score (nSPS) is 11.0. The van der Waals surface area contributed by atoms with E-state index in [2.05, 4.69) is 10.4 Å². The van der Waals surface area contributed by atoms with Gasteiger partial charge in [0.05, 0.1) is 12.2 Å². The highest BCUT2D eigenvalue weighted by Crippen LogP contribution is 2.17. The predicted molar refractivity (Wildman–Crippen MR) is 107 cm³/mol. The molecular formula is C22H25N3O3. The van der Waals surface area contributed by atoms with Crippen LogP contribution in [0.4, 0.5) is 0 Å². The highest BCUT2D eigenvalue weighted by atomic mass is 16.5. The van der Waals surface area contributed by atoms with Crippen molar-refractivity contribution in [2.75, 3.05) is 0 Å². The lowest BCUT2D eigenvalue weighted by atomic mass is 10.1. The zero-order chi connectivity index (χ0) is 20.1. The number of aryl methyl sites for hydroxylation is 1. The molecule has 0 spiro atoms.